The topological polar surface area (TPSA) is 37.8 Å². The highest BCUT2D eigenvalue weighted by Gasteiger charge is 2.36. The zero-order chi connectivity index (χ0) is 25.1. The molecule has 0 saturated carbocycles. The van der Waals surface area contributed by atoms with Crippen molar-refractivity contribution in [2.24, 2.45) is 0 Å². The van der Waals surface area contributed by atoms with Gasteiger partial charge in [0, 0.05) is 61.8 Å². The minimum atomic E-state index is 0.465. The molecule has 0 aliphatic carbocycles. The number of anilines is 1. The Bertz CT molecular complexity index is 1190. The van der Waals surface area contributed by atoms with Crippen LogP contribution in [-0.4, -0.2) is 49.3 Å². The molecule has 1 aromatic heterocycles. The Morgan fingerprint density at radius 1 is 1.00 bits per heavy atom. The number of halogens is 1. The van der Waals surface area contributed by atoms with Gasteiger partial charge in [-0.05, 0) is 80.1 Å². The molecule has 3 aromatic rings. The second-order valence-corrected chi connectivity index (χ2v) is 10.3. The number of aromatic nitrogens is 1. The predicted molar refractivity (Wildman–Crippen MR) is 147 cm³/mol. The van der Waals surface area contributed by atoms with Gasteiger partial charge in [0.05, 0.1) is 18.7 Å². The molecular formula is C30H36ClN3O2. The van der Waals surface area contributed by atoms with Gasteiger partial charge in [-0.2, -0.15) is 0 Å². The third-order valence-electron chi connectivity index (χ3n) is 7.92. The summed E-state index contributed by atoms with van der Waals surface area (Å²) in [5.74, 6) is 1.73. The van der Waals surface area contributed by atoms with Crippen LogP contribution in [0.4, 0.5) is 5.69 Å². The van der Waals surface area contributed by atoms with Gasteiger partial charge in [-0.1, -0.05) is 23.7 Å². The van der Waals surface area contributed by atoms with Crippen LogP contribution in [0.25, 0.3) is 0 Å². The van der Waals surface area contributed by atoms with Gasteiger partial charge in [0.25, 0.3) is 0 Å². The number of rotatable bonds is 7. The number of hydrogen-bond donors (Lipinski definition) is 0. The molecule has 5 nitrogen and oxygen atoms in total. The number of hydrogen-bond acceptors (Lipinski definition) is 5. The lowest BCUT2D eigenvalue weighted by molar-refractivity contribution is 0.0712. The molecule has 2 unspecified atom stereocenters. The highest BCUT2D eigenvalue weighted by molar-refractivity contribution is 6.32. The fourth-order valence-corrected chi connectivity index (χ4v) is 6.00. The number of benzene rings is 2. The number of piperazine rings is 1. The highest BCUT2D eigenvalue weighted by Crippen LogP contribution is 2.40. The summed E-state index contributed by atoms with van der Waals surface area (Å²) in [6.07, 6.45) is 6.36. The molecule has 6 heteroatoms. The molecule has 0 amide bonds. The summed E-state index contributed by atoms with van der Waals surface area (Å²) in [5.41, 5.74) is 6.32. The zero-order valence-corrected chi connectivity index (χ0v) is 22.3. The highest BCUT2D eigenvalue weighted by atomic mass is 35.5. The van der Waals surface area contributed by atoms with E-state index in [0.29, 0.717) is 23.7 Å². The van der Waals surface area contributed by atoms with Crippen LogP contribution in [0.15, 0.2) is 54.7 Å². The summed E-state index contributed by atoms with van der Waals surface area (Å²) in [6, 6.07) is 17.6. The van der Waals surface area contributed by atoms with E-state index in [9.17, 15) is 0 Å². The van der Waals surface area contributed by atoms with E-state index in [-0.39, 0.29) is 0 Å². The van der Waals surface area contributed by atoms with Crippen LogP contribution in [0, 0.1) is 13.8 Å². The van der Waals surface area contributed by atoms with E-state index in [4.69, 9.17) is 21.1 Å². The van der Waals surface area contributed by atoms with Crippen molar-refractivity contribution < 1.29 is 9.47 Å². The number of nitrogens with zero attached hydrogens (tertiary/aromatic N) is 3. The van der Waals surface area contributed by atoms with Crippen LogP contribution < -0.4 is 14.4 Å². The maximum atomic E-state index is 6.26. The molecule has 2 saturated heterocycles. The Labute approximate surface area is 220 Å². The molecular weight excluding hydrogens is 470 g/mol. The van der Waals surface area contributed by atoms with Crippen LogP contribution in [0.2, 0.25) is 5.02 Å². The molecule has 5 rings (SSSR count). The van der Waals surface area contributed by atoms with Gasteiger partial charge in [-0.25, -0.2) is 0 Å². The van der Waals surface area contributed by atoms with Gasteiger partial charge in [-0.3, -0.25) is 9.88 Å². The fourth-order valence-electron chi connectivity index (χ4n) is 5.81. The number of fused-ring (bicyclic) bond motifs is 1. The molecule has 2 atom stereocenters. The number of pyridine rings is 1. The van der Waals surface area contributed by atoms with Crippen molar-refractivity contribution in [3.05, 3.63) is 82.1 Å². The Morgan fingerprint density at radius 3 is 2.69 bits per heavy atom. The normalized spacial score (nSPS) is 20.2. The SMILES string of the molecule is COc1cc(N2CCN3C(CCCC3c3ccc(OCCc4ccccn4)c(C)c3C)C2)ccc1Cl. The minimum Gasteiger partial charge on any atom is -0.495 e. The van der Waals surface area contributed by atoms with E-state index in [2.05, 4.69) is 52.9 Å². The zero-order valence-electron chi connectivity index (χ0n) is 21.5. The van der Waals surface area contributed by atoms with Crippen LogP contribution in [0.1, 0.15) is 47.7 Å². The molecule has 2 aromatic carbocycles. The third kappa shape index (κ3) is 5.18. The average molecular weight is 506 g/mol. The van der Waals surface area contributed by atoms with Gasteiger partial charge in [-0.15, -0.1) is 0 Å². The molecule has 0 N–H and O–H groups in total. The van der Waals surface area contributed by atoms with Crippen molar-refractivity contribution in [1.82, 2.24) is 9.88 Å². The summed E-state index contributed by atoms with van der Waals surface area (Å²) in [4.78, 5) is 9.63. The molecule has 190 valence electrons. The van der Waals surface area contributed by atoms with Crippen LogP contribution in [0.3, 0.4) is 0 Å². The van der Waals surface area contributed by atoms with Gasteiger partial charge >= 0.3 is 0 Å². The first kappa shape index (κ1) is 24.9. The molecule has 0 radical (unpaired) electrons. The van der Waals surface area contributed by atoms with Crippen molar-refractivity contribution in [3.63, 3.8) is 0 Å². The average Bonchev–Trinajstić information content (AvgIpc) is 2.91. The van der Waals surface area contributed by atoms with E-state index in [0.717, 1.165) is 43.2 Å². The Morgan fingerprint density at radius 2 is 1.89 bits per heavy atom. The van der Waals surface area contributed by atoms with Gasteiger partial charge in [0.15, 0.2) is 0 Å². The lowest BCUT2D eigenvalue weighted by Gasteiger charge is -2.49. The van der Waals surface area contributed by atoms with E-state index in [1.807, 2.05) is 30.5 Å². The number of ether oxygens (including phenoxy) is 2. The van der Waals surface area contributed by atoms with Gasteiger partial charge in [0.1, 0.15) is 11.5 Å². The van der Waals surface area contributed by atoms with Crippen molar-refractivity contribution in [3.8, 4) is 11.5 Å². The lowest BCUT2D eigenvalue weighted by atomic mass is 9.86. The second kappa shape index (κ2) is 11.1. The second-order valence-electron chi connectivity index (χ2n) is 9.93. The number of methoxy groups -OCH3 is 1. The molecule has 0 bridgehead atoms. The predicted octanol–water partition coefficient (Wildman–Crippen LogP) is 6.40. The van der Waals surface area contributed by atoms with Crippen LogP contribution >= 0.6 is 11.6 Å². The van der Waals surface area contributed by atoms with E-state index >= 15 is 0 Å². The molecule has 2 fully saturated rings. The van der Waals surface area contributed by atoms with Crippen molar-refractivity contribution in [1.29, 1.82) is 0 Å². The summed E-state index contributed by atoms with van der Waals surface area (Å²) in [5, 5.41) is 0.660. The van der Waals surface area contributed by atoms with Gasteiger partial charge < -0.3 is 14.4 Å². The molecule has 3 heterocycles. The largest absolute Gasteiger partial charge is 0.495 e. The van der Waals surface area contributed by atoms with E-state index < -0.39 is 0 Å². The maximum absolute atomic E-state index is 6.26. The molecule has 2 aliphatic rings. The molecule has 0 spiro atoms. The van der Waals surface area contributed by atoms with Gasteiger partial charge in [0.2, 0.25) is 0 Å². The summed E-state index contributed by atoms with van der Waals surface area (Å²) < 4.78 is 11.6. The van der Waals surface area contributed by atoms with Crippen molar-refractivity contribution in [2.75, 3.05) is 38.3 Å². The Balaban J connectivity index is 1.27. The summed E-state index contributed by atoms with van der Waals surface area (Å²) in [6.45, 7) is 8.19. The van der Waals surface area contributed by atoms with E-state index in [1.165, 1.54) is 41.6 Å². The standard InChI is InChI=1S/C30H36ClN3O2/c1-21-22(2)29(36-18-14-23-7-4-5-15-32-23)13-11-26(21)28-9-6-8-25-20-33(16-17-34(25)28)24-10-12-27(31)30(19-24)35-3/h4-5,7,10-13,15,19,25,28H,6,8-9,14,16-18,20H2,1-3H3. The molecule has 36 heavy (non-hydrogen) atoms. The first-order valence-electron chi connectivity index (χ1n) is 13.0. The Kier molecular flexibility index (Phi) is 7.68. The van der Waals surface area contributed by atoms with Crippen molar-refractivity contribution >= 4 is 17.3 Å². The number of piperidine rings is 1. The van der Waals surface area contributed by atoms with E-state index in [1.54, 1.807) is 7.11 Å². The first-order chi connectivity index (χ1) is 17.5. The van der Waals surface area contributed by atoms with Crippen molar-refractivity contribution in [2.45, 2.75) is 51.6 Å². The quantitative estimate of drug-likeness (QED) is 0.371. The maximum Gasteiger partial charge on any atom is 0.139 e. The third-order valence-corrected chi connectivity index (χ3v) is 8.24. The molecule has 2 aliphatic heterocycles. The van der Waals surface area contributed by atoms with Crippen LogP contribution in [0.5, 0.6) is 11.5 Å². The smallest absolute Gasteiger partial charge is 0.139 e. The summed E-state index contributed by atoms with van der Waals surface area (Å²) in [7, 11) is 1.68. The Hall–Kier alpha value is -2.76. The van der Waals surface area contributed by atoms with Crippen LogP contribution in [-0.2, 0) is 6.42 Å². The lowest BCUT2D eigenvalue weighted by Crippen LogP contribution is -2.56. The fraction of sp³-hybridized carbons (Fsp3) is 0.433. The minimum absolute atomic E-state index is 0.465. The monoisotopic (exact) mass is 505 g/mol. The summed E-state index contributed by atoms with van der Waals surface area (Å²) >= 11 is 6.26. The first-order valence-corrected chi connectivity index (χ1v) is 13.4.